The molecule has 1 aromatic carbocycles. The van der Waals surface area contributed by atoms with E-state index in [1.807, 2.05) is 32.0 Å². The van der Waals surface area contributed by atoms with Gasteiger partial charge >= 0.3 is 0 Å². The van der Waals surface area contributed by atoms with Crippen LogP contribution in [0.25, 0.3) is 10.1 Å². The van der Waals surface area contributed by atoms with Gasteiger partial charge in [0.1, 0.15) is 4.88 Å². The summed E-state index contributed by atoms with van der Waals surface area (Å²) in [7, 11) is 0. The number of hydrogen-bond acceptors (Lipinski definition) is 3. The molecule has 1 heterocycles. The van der Waals surface area contributed by atoms with Gasteiger partial charge in [0, 0.05) is 23.2 Å². The lowest BCUT2D eigenvalue weighted by Gasteiger charge is -2.18. The Morgan fingerprint density at radius 2 is 2.26 bits per heavy atom. The largest absolute Gasteiger partial charge is 0.397 e. The molecular weight excluding hydrogens is 256 g/mol. The van der Waals surface area contributed by atoms with Gasteiger partial charge in [0.15, 0.2) is 0 Å². The third-order valence-electron chi connectivity index (χ3n) is 3.09. The number of likely N-dealkylation sites (N-methyl/N-ethyl adjacent to an activating group) is 1. The molecule has 0 radical (unpaired) electrons. The van der Waals surface area contributed by atoms with Crippen molar-refractivity contribution in [2.45, 2.75) is 13.8 Å². The second-order valence-electron chi connectivity index (χ2n) is 4.48. The minimum atomic E-state index is -0.0150. The molecule has 0 aliphatic heterocycles. The lowest BCUT2D eigenvalue weighted by Crippen LogP contribution is -2.30. The Balaban J connectivity index is 2.47. The summed E-state index contributed by atoms with van der Waals surface area (Å²) in [6, 6.07) is 6.09. The van der Waals surface area contributed by atoms with Crippen LogP contribution in [0.4, 0.5) is 5.69 Å². The lowest BCUT2D eigenvalue weighted by atomic mass is 10.1. The van der Waals surface area contributed by atoms with Crippen LogP contribution in [0.5, 0.6) is 0 Å². The van der Waals surface area contributed by atoms with Crippen molar-refractivity contribution in [3.8, 4) is 0 Å². The minimum absolute atomic E-state index is 0.0150. The van der Waals surface area contributed by atoms with E-state index in [0.29, 0.717) is 23.7 Å². The number of nitrogen functional groups attached to an aromatic ring is 1. The molecule has 0 aliphatic carbocycles. The van der Waals surface area contributed by atoms with E-state index in [9.17, 15) is 4.79 Å². The number of carbonyl (C=O) groups is 1. The zero-order chi connectivity index (χ0) is 14.0. The molecule has 2 N–H and O–H groups in total. The topological polar surface area (TPSA) is 46.3 Å². The Bertz CT molecular complexity index is 630. The minimum Gasteiger partial charge on any atom is -0.397 e. The smallest absolute Gasteiger partial charge is 0.266 e. The molecule has 0 saturated heterocycles. The van der Waals surface area contributed by atoms with Gasteiger partial charge in [-0.1, -0.05) is 17.7 Å². The fourth-order valence-electron chi connectivity index (χ4n) is 2.04. The number of amides is 1. The Hall–Kier alpha value is -1.81. The normalized spacial score (nSPS) is 10.6. The summed E-state index contributed by atoms with van der Waals surface area (Å²) in [5.74, 6) is -0.0150. The second kappa shape index (κ2) is 5.45. The maximum Gasteiger partial charge on any atom is 0.266 e. The molecule has 0 saturated carbocycles. The van der Waals surface area contributed by atoms with E-state index in [-0.39, 0.29) is 5.91 Å². The van der Waals surface area contributed by atoms with Crippen molar-refractivity contribution in [3.63, 3.8) is 0 Å². The summed E-state index contributed by atoms with van der Waals surface area (Å²) in [6.45, 7) is 8.85. The summed E-state index contributed by atoms with van der Waals surface area (Å²) in [5, 5.41) is 0.975. The van der Waals surface area contributed by atoms with Gasteiger partial charge in [-0.3, -0.25) is 4.79 Å². The highest BCUT2D eigenvalue weighted by atomic mass is 32.1. The highest BCUT2D eigenvalue weighted by Gasteiger charge is 2.20. The average molecular weight is 274 g/mol. The lowest BCUT2D eigenvalue weighted by molar-refractivity contribution is 0.0788. The van der Waals surface area contributed by atoms with Crippen molar-refractivity contribution in [3.05, 3.63) is 41.3 Å². The second-order valence-corrected chi connectivity index (χ2v) is 5.53. The molecule has 0 unspecified atom stereocenters. The molecule has 0 spiro atoms. The van der Waals surface area contributed by atoms with Gasteiger partial charge in [0.25, 0.3) is 5.91 Å². The van der Waals surface area contributed by atoms with Crippen LogP contribution >= 0.6 is 11.3 Å². The molecule has 2 aromatic rings. The molecule has 0 aliphatic rings. The Kier molecular flexibility index (Phi) is 3.90. The molecule has 0 fully saturated rings. The first-order valence-electron chi connectivity index (χ1n) is 6.27. The van der Waals surface area contributed by atoms with Crippen molar-refractivity contribution in [1.82, 2.24) is 4.90 Å². The molecular formula is C15H18N2OS. The zero-order valence-corrected chi connectivity index (χ0v) is 12.1. The van der Waals surface area contributed by atoms with E-state index in [1.165, 1.54) is 11.3 Å². The summed E-state index contributed by atoms with van der Waals surface area (Å²) in [5.41, 5.74) is 7.88. The maximum absolute atomic E-state index is 12.4. The van der Waals surface area contributed by atoms with Gasteiger partial charge in [0.2, 0.25) is 0 Å². The standard InChI is InChI=1S/C15H18N2OS/c1-4-8-17(5-2)15(18)14-13(16)11-9-10(3)6-7-12(11)19-14/h4,6-7,9H,1,5,8,16H2,2-3H3. The van der Waals surface area contributed by atoms with Crippen LogP contribution < -0.4 is 5.73 Å². The number of rotatable bonds is 4. The number of fused-ring (bicyclic) bond motifs is 1. The van der Waals surface area contributed by atoms with E-state index < -0.39 is 0 Å². The summed E-state index contributed by atoms with van der Waals surface area (Å²) < 4.78 is 1.06. The van der Waals surface area contributed by atoms with Crippen LogP contribution in [-0.2, 0) is 0 Å². The molecule has 1 aromatic heterocycles. The van der Waals surface area contributed by atoms with Gasteiger partial charge in [0.05, 0.1) is 5.69 Å². The van der Waals surface area contributed by atoms with Gasteiger partial charge in [-0.05, 0) is 26.0 Å². The van der Waals surface area contributed by atoms with Crippen LogP contribution in [0.15, 0.2) is 30.9 Å². The number of hydrogen-bond donors (Lipinski definition) is 1. The Morgan fingerprint density at radius 3 is 2.89 bits per heavy atom. The quantitative estimate of drug-likeness (QED) is 0.868. The summed E-state index contributed by atoms with van der Waals surface area (Å²) in [6.07, 6.45) is 1.73. The van der Waals surface area contributed by atoms with Gasteiger partial charge < -0.3 is 10.6 Å². The third-order valence-corrected chi connectivity index (χ3v) is 4.27. The van der Waals surface area contributed by atoms with E-state index in [1.54, 1.807) is 11.0 Å². The van der Waals surface area contributed by atoms with E-state index in [2.05, 4.69) is 6.58 Å². The number of thiophene rings is 1. The third kappa shape index (κ3) is 2.49. The first-order valence-corrected chi connectivity index (χ1v) is 7.09. The fourth-order valence-corrected chi connectivity index (χ4v) is 3.12. The van der Waals surface area contributed by atoms with Crippen molar-refractivity contribution in [2.24, 2.45) is 0 Å². The molecule has 100 valence electrons. The maximum atomic E-state index is 12.4. The summed E-state index contributed by atoms with van der Waals surface area (Å²) >= 11 is 1.46. The molecule has 0 atom stereocenters. The van der Waals surface area contributed by atoms with E-state index in [4.69, 9.17) is 5.73 Å². The van der Waals surface area contributed by atoms with Gasteiger partial charge in [-0.2, -0.15) is 0 Å². The van der Waals surface area contributed by atoms with Gasteiger partial charge in [-0.25, -0.2) is 0 Å². The predicted octanol–water partition coefficient (Wildman–Crippen LogP) is 3.44. The monoisotopic (exact) mass is 274 g/mol. The number of aryl methyl sites for hydroxylation is 1. The van der Waals surface area contributed by atoms with Crippen molar-refractivity contribution in [1.29, 1.82) is 0 Å². The zero-order valence-electron chi connectivity index (χ0n) is 11.3. The molecule has 19 heavy (non-hydrogen) atoms. The van der Waals surface area contributed by atoms with Crippen LogP contribution in [0.3, 0.4) is 0 Å². The Labute approximate surface area is 117 Å². The van der Waals surface area contributed by atoms with Crippen LogP contribution in [0, 0.1) is 6.92 Å². The van der Waals surface area contributed by atoms with Crippen molar-refractivity contribution in [2.75, 3.05) is 18.8 Å². The molecule has 2 rings (SSSR count). The van der Waals surface area contributed by atoms with E-state index >= 15 is 0 Å². The number of benzene rings is 1. The van der Waals surface area contributed by atoms with Crippen LogP contribution in [0.1, 0.15) is 22.2 Å². The fraction of sp³-hybridized carbons (Fsp3) is 0.267. The number of anilines is 1. The summed E-state index contributed by atoms with van der Waals surface area (Å²) in [4.78, 5) is 14.8. The highest BCUT2D eigenvalue weighted by Crippen LogP contribution is 2.34. The van der Waals surface area contributed by atoms with Crippen LogP contribution in [0.2, 0.25) is 0 Å². The SMILES string of the molecule is C=CCN(CC)C(=O)c1sc2ccc(C)cc2c1N. The highest BCUT2D eigenvalue weighted by molar-refractivity contribution is 7.21. The average Bonchev–Trinajstić information content (AvgIpc) is 2.72. The van der Waals surface area contributed by atoms with Crippen molar-refractivity contribution >= 4 is 33.0 Å². The molecule has 1 amide bonds. The number of carbonyl (C=O) groups excluding carboxylic acids is 1. The van der Waals surface area contributed by atoms with Gasteiger partial charge in [-0.15, -0.1) is 17.9 Å². The van der Waals surface area contributed by atoms with Crippen molar-refractivity contribution < 1.29 is 4.79 Å². The first-order chi connectivity index (χ1) is 9.08. The number of nitrogens with zero attached hydrogens (tertiary/aromatic N) is 1. The first kappa shape index (κ1) is 13.6. The predicted molar refractivity (Wildman–Crippen MR) is 82.7 cm³/mol. The molecule has 4 heteroatoms. The molecule has 3 nitrogen and oxygen atoms in total. The molecule has 0 bridgehead atoms. The Morgan fingerprint density at radius 1 is 1.53 bits per heavy atom. The van der Waals surface area contributed by atoms with Crippen LogP contribution in [-0.4, -0.2) is 23.9 Å². The van der Waals surface area contributed by atoms with E-state index in [0.717, 1.165) is 15.6 Å². The number of nitrogens with two attached hydrogens (primary N) is 1.